The zero-order valence-electron chi connectivity index (χ0n) is 10.8. The van der Waals surface area contributed by atoms with Crippen molar-refractivity contribution in [1.29, 1.82) is 0 Å². The van der Waals surface area contributed by atoms with Gasteiger partial charge >= 0.3 is 0 Å². The summed E-state index contributed by atoms with van der Waals surface area (Å²) in [5, 5.41) is 0. The van der Waals surface area contributed by atoms with Crippen LogP contribution in [-0.4, -0.2) is 53.9 Å². The Bertz CT molecular complexity index is 428. The summed E-state index contributed by atoms with van der Waals surface area (Å²) in [5.41, 5.74) is 0.119. The van der Waals surface area contributed by atoms with Gasteiger partial charge in [0, 0.05) is 25.3 Å². The Morgan fingerprint density at radius 1 is 1.44 bits per heavy atom. The highest BCUT2D eigenvalue weighted by Gasteiger charge is 2.25. The summed E-state index contributed by atoms with van der Waals surface area (Å²) < 4.78 is 13.5. The lowest BCUT2D eigenvalue weighted by Gasteiger charge is -2.35. The summed E-state index contributed by atoms with van der Waals surface area (Å²) in [4.78, 5) is 19.7. The van der Waals surface area contributed by atoms with Gasteiger partial charge in [0.25, 0.3) is 5.91 Å². The number of rotatable bonds is 2. The Hall–Kier alpha value is -1.49. The minimum atomic E-state index is -0.544. The van der Waals surface area contributed by atoms with Gasteiger partial charge in [-0.15, -0.1) is 0 Å². The molecule has 0 unspecified atom stereocenters. The second-order valence-electron chi connectivity index (χ2n) is 4.84. The molecule has 0 radical (unpaired) electrons. The zero-order valence-corrected chi connectivity index (χ0v) is 10.8. The molecule has 2 rings (SSSR count). The van der Waals surface area contributed by atoms with Crippen LogP contribution < -0.4 is 0 Å². The lowest BCUT2D eigenvalue weighted by atomic mass is 10.0. The molecule has 1 aliphatic heterocycles. The predicted molar refractivity (Wildman–Crippen MR) is 66.8 cm³/mol. The standard InChI is InChI=1S/C13H18FN3O/c1-16(2)10-4-7-17(8-5-10)13(18)11-3-6-15-9-12(11)14/h3,6,9-10H,4-5,7-8H2,1-2H3. The van der Waals surface area contributed by atoms with Gasteiger partial charge in [0.05, 0.1) is 11.8 Å². The molecule has 98 valence electrons. The van der Waals surface area contributed by atoms with Gasteiger partial charge in [0.1, 0.15) is 0 Å². The van der Waals surface area contributed by atoms with E-state index in [2.05, 4.69) is 9.88 Å². The highest BCUT2D eigenvalue weighted by Crippen LogP contribution is 2.17. The van der Waals surface area contributed by atoms with Crippen LogP contribution in [0.3, 0.4) is 0 Å². The molecule has 2 heterocycles. The van der Waals surface area contributed by atoms with Crippen molar-refractivity contribution in [3.63, 3.8) is 0 Å². The van der Waals surface area contributed by atoms with Crippen LogP contribution in [0.25, 0.3) is 0 Å². The molecular formula is C13H18FN3O. The highest BCUT2D eigenvalue weighted by molar-refractivity contribution is 5.94. The van der Waals surface area contributed by atoms with Gasteiger partial charge in [-0.1, -0.05) is 0 Å². The average Bonchev–Trinajstić information content (AvgIpc) is 2.38. The molecular weight excluding hydrogens is 233 g/mol. The van der Waals surface area contributed by atoms with E-state index in [1.165, 1.54) is 12.3 Å². The Morgan fingerprint density at radius 2 is 2.11 bits per heavy atom. The van der Waals surface area contributed by atoms with Gasteiger partial charge in [0.2, 0.25) is 0 Å². The first-order valence-corrected chi connectivity index (χ1v) is 6.15. The summed E-state index contributed by atoms with van der Waals surface area (Å²) in [5.74, 6) is -0.774. The molecule has 0 saturated carbocycles. The molecule has 1 fully saturated rings. The zero-order chi connectivity index (χ0) is 13.1. The second kappa shape index (κ2) is 5.44. The summed E-state index contributed by atoms with van der Waals surface area (Å²) in [6.45, 7) is 1.37. The van der Waals surface area contributed by atoms with E-state index in [1.54, 1.807) is 4.90 Å². The van der Waals surface area contributed by atoms with Crippen LogP contribution in [0.4, 0.5) is 4.39 Å². The van der Waals surface area contributed by atoms with Crippen molar-refractivity contribution < 1.29 is 9.18 Å². The monoisotopic (exact) mass is 251 g/mol. The third-order valence-corrected chi connectivity index (χ3v) is 3.48. The Morgan fingerprint density at radius 3 is 2.67 bits per heavy atom. The molecule has 18 heavy (non-hydrogen) atoms. The number of likely N-dealkylation sites (tertiary alicyclic amines) is 1. The number of aromatic nitrogens is 1. The van der Waals surface area contributed by atoms with Crippen LogP contribution in [0, 0.1) is 5.82 Å². The number of pyridine rings is 1. The number of carbonyl (C=O) groups excluding carboxylic acids is 1. The summed E-state index contributed by atoms with van der Waals surface area (Å²) in [6, 6.07) is 1.95. The van der Waals surface area contributed by atoms with E-state index in [9.17, 15) is 9.18 Å². The topological polar surface area (TPSA) is 36.4 Å². The van der Waals surface area contributed by atoms with Gasteiger partial charge in [-0.05, 0) is 33.0 Å². The fourth-order valence-electron chi connectivity index (χ4n) is 2.30. The molecule has 1 amide bonds. The van der Waals surface area contributed by atoms with E-state index >= 15 is 0 Å². The maximum atomic E-state index is 13.5. The maximum Gasteiger partial charge on any atom is 0.256 e. The lowest BCUT2D eigenvalue weighted by molar-refractivity contribution is 0.0658. The van der Waals surface area contributed by atoms with E-state index in [-0.39, 0.29) is 11.5 Å². The molecule has 1 aromatic heterocycles. The average molecular weight is 251 g/mol. The van der Waals surface area contributed by atoms with Gasteiger partial charge in [0.15, 0.2) is 5.82 Å². The number of nitrogens with zero attached hydrogens (tertiary/aromatic N) is 3. The van der Waals surface area contributed by atoms with Gasteiger partial charge in [-0.25, -0.2) is 4.39 Å². The van der Waals surface area contributed by atoms with E-state index < -0.39 is 5.82 Å². The normalized spacial score (nSPS) is 17.2. The fraction of sp³-hybridized carbons (Fsp3) is 0.538. The van der Waals surface area contributed by atoms with Crippen molar-refractivity contribution in [3.05, 3.63) is 29.8 Å². The molecule has 1 aromatic rings. The first-order chi connectivity index (χ1) is 8.59. The summed E-state index contributed by atoms with van der Waals surface area (Å²) in [6.07, 6.45) is 4.40. The highest BCUT2D eigenvalue weighted by atomic mass is 19.1. The minimum Gasteiger partial charge on any atom is -0.338 e. The predicted octanol–water partition coefficient (Wildman–Crippen LogP) is 1.39. The number of piperidine rings is 1. The molecule has 1 saturated heterocycles. The molecule has 0 aliphatic carbocycles. The maximum absolute atomic E-state index is 13.5. The third kappa shape index (κ3) is 2.67. The number of hydrogen-bond donors (Lipinski definition) is 0. The minimum absolute atomic E-state index is 0.119. The second-order valence-corrected chi connectivity index (χ2v) is 4.84. The Kier molecular flexibility index (Phi) is 3.91. The van der Waals surface area contributed by atoms with Crippen molar-refractivity contribution in [2.75, 3.05) is 27.2 Å². The van der Waals surface area contributed by atoms with Crippen LogP contribution in [0.2, 0.25) is 0 Å². The molecule has 0 atom stereocenters. The fourth-order valence-corrected chi connectivity index (χ4v) is 2.30. The van der Waals surface area contributed by atoms with Crippen molar-refractivity contribution in [2.45, 2.75) is 18.9 Å². The largest absolute Gasteiger partial charge is 0.338 e. The van der Waals surface area contributed by atoms with Crippen LogP contribution in [0.15, 0.2) is 18.5 Å². The summed E-state index contributed by atoms with van der Waals surface area (Å²) >= 11 is 0. The Labute approximate surface area is 106 Å². The smallest absolute Gasteiger partial charge is 0.256 e. The van der Waals surface area contributed by atoms with Gasteiger partial charge in [-0.2, -0.15) is 0 Å². The molecule has 0 aromatic carbocycles. The van der Waals surface area contributed by atoms with Gasteiger partial charge < -0.3 is 9.80 Å². The van der Waals surface area contributed by atoms with Crippen molar-refractivity contribution in [3.8, 4) is 0 Å². The first-order valence-electron chi connectivity index (χ1n) is 6.15. The van der Waals surface area contributed by atoms with E-state index in [4.69, 9.17) is 0 Å². The first kappa shape index (κ1) is 13.0. The lowest BCUT2D eigenvalue weighted by Crippen LogP contribution is -2.44. The SMILES string of the molecule is CN(C)C1CCN(C(=O)c2ccncc2F)CC1. The Balaban J connectivity index is 2.02. The van der Waals surface area contributed by atoms with Crippen molar-refractivity contribution in [2.24, 2.45) is 0 Å². The summed E-state index contributed by atoms with van der Waals surface area (Å²) in [7, 11) is 4.09. The molecule has 1 aliphatic rings. The van der Waals surface area contributed by atoms with E-state index in [1.807, 2.05) is 14.1 Å². The quantitative estimate of drug-likeness (QED) is 0.797. The van der Waals surface area contributed by atoms with Crippen molar-refractivity contribution in [1.82, 2.24) is 14.8 Å². The number of halogens is 1. The molecule has 4 nitrogen and oxygen atoms in total. The number of amides is 1. The van der Waals surface area contributed by atoms with Crippen LogP contribution in [0.5, 0.6) is 0 Å². The number of hydrogen-bond acceptors (Lipinski definition) is 3. The molecule has 0 spiro atoms. The van der Waals surface area contributed by atoms with Crippen LogP contribution >= 0.6 is 0 Å². The molecule has 0 bridgehead atoms. The van der Waals surface area contributed by atoms with E-state index in [0.717, 1.165) is 19.0 Å². The van der Waals surface area contributed by atoms with Crippen LogP contribution in [-0.2, 0) is 0 Å². The molecule has 0 N–H and O–H groups in total. The number of carbonyl (C=O) groups is 1. The van der Waals surface area contributed by atoms with Crippen molar-refractivity contribution >= 4 is 5.91 Å². The van der Waals surface area contributed by atoms with Gasteiger partial charge in [-0.3, -0.25) is 9.78 Å². The molecule has 5 heteroatoms. The van der Waals surface area contributed by atoms with Crippen LogP contribution in [0.1, 0.15) is 23.2 Å². The third-order valence-electron chi connectivity index (χ3n) is 3.48. The van der Waals surface area contributed by atoms with E-state index in [0.29, 0.717) is 19.1 Å².